The summed E-state index contributed by atoms with van der Waals surface area (Å²) in [5.41, 5.74) is 0.860. The maximum atomic E-state index is 13.2. The van der Waals surface area contributed by atoms with Gasteiger partial charge in [0.05, 0.1) is 0 Å². The third-order valence-corrected chi connectivity index (χ3v) is 4.49. The Kier molecular flexibility index (Phi) is 5.60. The molecule has 1 aliphatic heterocycles. The first-order chi connectivity index (χ1) is 12.1. The van der Waals surface area contributed by atoms with Crippen molar-refractivity contribution in [3.05, 3.63) is 70.4 Å². The highest BCUT2D eigenvalue weighted by atomic mass is 19.1. The number of halogens is 1. The summed E-state index contributed by atoms with van der Waals surface area (Å²) in [5, 5.41) is 0. The average Bonchev–Trinajstić information content (AvgIpc) is 2.61. The van der Waals surface area contributed by atoms with Gasteiger partial charge < -0.3 is 9.47 Å². The van der Waals surface area contributed by atoms with Crippen LogP contribution in [-0.2, 0) is 17.9 Å². The van der Waals surface area contributed by atoms with Crippen LogP contribution in [0, 0.1) is 5.82 Å². The van der Waals surface area contributed by atoms with E-state index in [0.717, 1.165) is 18.7 Å². The molecule has 0 atom stereocenters. The maximum absolute atomic E-state index is 13.2. The van der Waals surface area contributed by atoms with Crippen LogP contribution in [-0.4, -0.2) is 46.5 Å². The van der Waals surface area contributed by atoms with Crippen molar-refractivity contribution in [2.75, 3.05) is 26.2 Å². The predicted octanol–water partition coefficient (Wildman–Crippen LogP) is 1.72. The molecule has 2 heterocycles. The molecule has 0 bridgehead atoms. The van der Waals surface area contributed by atoms with Crippen molar-refractivity contribution in [2.24, 2.45) is 0 Å². The van der Waals surface area contributed by atoms with Gasteiger partial charge >= 0.3 is 0 Å². The molecule has 1 aromatic heterocycles. The summed E-state index contributed by atoms with van der Waals surface area (Å²) in [5.74, 6) is -0.149. The van der Waals surface area contributed by atoms with Gasteiger partial charge in [0.15, 0.2) is 0 Å². The monoisotopic (exact) mass is 343 g/mol. The zero-order valence-electron chi connectivity index (χ0n) is 14.1. The molecule has 2 aromatic rings. The number of carbonyl (C=O) groups is 1. The van der Waals surface area contributed by atoms with Gasteiger partial charge in [-0.05, 0) is 23.8 Å². The fraction of sp³-hybridized carbons (Fsp3) is 0.368. The number of carbonyl (C=O) groups excluding carboxylic acids is 1. The summed E-state index contributed by atoms with van der Waals surface area (Å²) in [6.07, 6.45) is 2.03. The van der Waals surface area contributed by atoms with Crippen molar-refractivity contribution in [3.8, 4) is 0 Å². The van der Waals surface area contributed by atoms with Crippen LogP contribution in [0.4, 0.5) is 4.39 Å². The van der Waals surface area contributed by atoms with Crippen LogP contribution in [0.5, 0.6) is 0 Å². The largest absolute Gasteiger partial charge is 0.340 e. The number of pyridine rings is 1. The smallest absolute Gasteiger partial charge is 0.250 e. The highest BCUT2D eigenvalue weighted by Gasteiger charge is 2.21. The van der Waals surface area contributed by atoms with E-state index >= 15 is 0 Å². The van der Waals surface area contributed by atoms with Crippen LogP contribution < -0.4 is 5.56 Å². The molecule has 1 aliphatic rings. The number of rotatable bonds is 5. The number of hydrogen-bond acceptors (Lipinski definition) is 3. The number of benzene rings is 1. The topological polar surface area (TPSA) is 45.6 Å². The van der Waals surface area contributed by atoms with Gasteiger partial charge in [-0.2, -0.15) is 0 Å². The van der Waals surface area contributed by atoms with E-state index in [-0.39, 0.29) is 17.3 Å². The Morgan fingerprint density at radius 1 is 1.04 bits per heavy atom. The van der Waals surface area contributed by atoms with E-state index in [0.29, 0.717) is 32.6 Å². The van der Waals surface area contributed by atoms with Crippen LogP contribution in [0.3, 0.4) is 0 Å². The van der Waals surface area contributed by atoms with Crippen molar-refractivity contribution in [1.82, 2.24) is 14.4 Å². The molecule has 6 heteroatoms. The predicted molar refractivity (Wildman–Crippen MR) is 93.6 cm³/mol. The standard InChI is InChI=1S/C19H22FN3O2/c20-17-5-3-4-16(14-17)15-21-10-12-23(13-11-21)19(25)7-9-22-8-2-1-6-18(22)24/h1-6,8,14H,7,9-13,15H2. The molecule has 1 fully saturated rings. The number of hydrogen-bond donors (Lipinski definition) is 0. The highest BCUT2D eigenvalue weighted by molar-refractivity contribution is 5.76. The van der Waals surface area contributed by atoms with E-state index in [9.17, 15) is 14.0 Å². The molecule has 25 heavy (non-hydrogen) atoms. The Balaban J connectivity index is 1.46. The van der Waals surface area contributed by atoms with Crippen LogP contribution in [0.15, 0.2) is 53.5 Å². The summed E-state index contributed by atoms with van der Waals surface area (Å²) >= 11 is 0. The van der Waals surface area contributed by atoms with Crippen molar-refractivity contribution >= 4 is 5.91 Å². The number of aryl methyl sites for hydroxylation is 1. The number of aromatic nitrogens is 1. The molecule has 1 aromatic carbocycles. The van der Waals surface area contributed by atoms with Gasteiger partial charge in [0.1, 0.15) is 5.82 Å². The quantitative estimate of drug-likeness (QED) is 0.830. The van der Waals surface area contributed by atoms with Crippen molar-refractivity contribution < 1.29 is 9.18 Å². The van der Waals surface area contributed by atoms with Gasteiger partial charge in [0, 0.05) is 58.0 Å². The SMILES string of the molecule is O=C(CCn1ccccc1=O)N1CCN(Cc2cccc(F)c2)CC1. The van der Waals surface area contributed by atoms with Gasteiger partial charge in [0.2, 0.25) is 5.91 Å². The maximum Gasteiger partial charge on any atom is 0.250 e. The van der Waals surface area contributed by atoms with Crippen molar-refractivity contribution in [1.29, 1.82) is 0 Å². The van der Waals surface area contributed by atoms with Gasteiger partial charge in [-0.15, -0.1) is 0 Å². The molecule has 0 radical (unpaired) electrons. The molecule has 1 amide bonds. The third-order valence-electron chi connectivity index (χ3n) is 4.49. The van der Waals surface area contributed by atoms with E-state index in [1.807, 2.05) is 11.0 Å². The first kappa shape index (κ1) is 17.4. The highest BCUT2D eigenvalue weighted by Crippen LogP contribution is 2.11. The molecule has 132 valence electrons. The van der Waals surface area contributed by atoms with Gasteiger partial charge in [-0.3, -0.25) is 14.5 Å². The van der Waals surface area contributed by atoms with E-state index in [1.165, 1.54) is 12.1 Å². The summed E-state index contributed by atoms with van der Waals surface area (Å²) in [7, 11) is 0. The molecule has 0 aliphatic carbocycles. The lowest BCUT2D eigenvalue weighted by Gasteiger charge is -2.34. The van der Waals surface area contributed by atoms with Crippen LogP contribution in [0.2, 0.25) is 0 Å². The lowest BCUT2D eigenvalue weighted by atomic mass is 10.2. The summed E-state index contributed by atoms with van der Waals surface area (Å²) in [4.78, 5) is 28.1. The van der Waals surface area contributed by atoms with E-state index in [1.54, 1.807) is 35.0 Å². The summed E-state index contributed by atoms with van der Waals surface area (Å²) < 4.78 is 14.8. The second-order valence-corrected chi connectivity index (χ2v) is 6.27. The molecule has 1 saturated heterocycles. The molecule has 0 N–H and O–H groups in total. The van der Waals surface area contributed by atoms with E-state index in [4.69, 9.17) is 0 Å². The second kappa shape index (κ2) is 8.07. The molecule has 5 nitrogen and oxygen atoms in total. The lowest BCUT2D eigenvalue weighted by Crippen LogP contribution is -2.48. The van der Waals surface area contributed by atoms with Gasteiger partial charge in [-0.1, -0.05) is 18.2 Å². The van der Waals surface area contributed by atoms with Gasteiger partial charge in [-0.25, -0.2) is 4.39 Å². The number of amides is 1. The van der Waals surface area contributed by atoms with E-state index in [2.05, 4.69) is 4.90 Å². The molecular weight excluding hydrogens is 321 g/mol. The lowest BCUT2D eigenvalue weighted by molar-refractivity contribution is -0.133. The minimum Gasteiger partial charge on any atom is -0.340 e. The Morgan fingerprint density at radius 2 is 1.84 bits per heavy atom. The zero-order chi connectivity index (χ0) is 17.6. The third kappa shape index (κ3) is 4.76. The summed E-state index contributed by atoms with van der Waals surface area (Å²) in [6, 6.07) is 11.6. The minimum absolute atomic E-state index is 0.0705. The first-order valence-corrected chi connectivity index (χ1v) is 8.52. The van der Waals surface area contributed by atoms with Crippen LogP contribution in [0.1, 0.15) is 12.0 Å². The molecule has 0 saturated carbocycles. The molecule has 0 unspecified atom stereocenters. The fourth-order valence-electron chi connectivity index (χ4n) is 3.07. The number of piperazine rings is 1. The molecular formula is C19H22FN3O2. The van der Waals surface area contributed by atoms with Crippen molar-refractivity contribution in [3.63, 3.8) is 0 Å². The summed E-state index contributed by atoms with van der Waals surface area (Å²) in [6.45, 7) is 3.97. The Hall–Kier alpha value is -2.47. The zero-order valence-corrected chi connectivity index (χ0v) is 14.1. The van der Waals surface area contributed by atoms with Gasteiger partial charge in [0.25, 0.3) is 5.56 Å². The van der Waals surface area contributed by atoms with Crippen LogP contribution >= 0.6 is 0 Å². The average molecular weight is 343 g/mol. The minimum atomic E-state index is -0.220. The Bertz CT molecular complexity index is 782. The number of nitrogens with zero attached hydrogens (tertiary/aromatic N) is 3. The van der Waals surface area contributed by atoms with Crippen LogP contribution in [0.25, 0.3) is 0 Å². The fourth-order valence-corrected chi connectivity index (χ4v) is 3.07. The first-order valence-electron chi connectivity index (χ1n) is 8.52. The van der Waals surface area contributed by atoms with Crippen molar-refractivity contribution in [2.45, 2.75) is 19.5 Å². The Morgan fingerprint density at radius 3 is 2.56 bits per heavy atom. The molecule has 3 rings (SSSR count). The normalized spacial score (nSPS) is 15.3. The molecule has 0 spiro atoms. The van der Waals surface area contributed by atoms with E-state index < -0.39 is 0 Å². The Labute approximate surface area is 146 Å². The second-order valence-electron chi connectivity index (χ2n) is 6.27.